The summed E-state index contributed by atoms with van der Waals surface area (Å²) in [6.45, 7) is 0.908. The lowest BCUT2D eigenvalue weighted by molar-refractivity contribution is 0.0953. The third kappa shape index (κ3) is 6.12. The number of rotatable bonds is 9. The largest absolute Gasteiger partial charge is 0.493 e. The van der Waals surface area contributed by atoms with Gasteiger partial charge in [-0.1, -0.05) is 29.3 Å². The van der Waals surface area contributed by atoms with E-state index in [4.69, 9.17) is 32.7 Å². The lowest BCUT2D eigenvalue weighted by Crippen LogP contribution is -2.25. The molecule has 0 saturated heterocycles. The second-order valence-electron chi connectivity index (χ2n) is 6.56. The summed E-state index contributed by atoms with van der Waals surface area (Å²) < 4.78 is 11.2. The highest BCUT2D eigenvalue weighted by Crippen LogP contribution is 2.29. The number of halogens is 2. The molecule has 0 spiro atoms. The van der Waals surface area contributed by atoms with E-state index in [1.807, 2.05) is 18.2 Å². The molecule has 0 saturated carbocycles. The van der Waals surface area contributed by atoms with Gasteiger partial charge < -0.3 is 14.8 Å². The van der Waals surface area contributed by atoms with Crippen LogP contribution in [0.2, 0.25) is 10.0 Å². The Bertz CT molecular complexity index is 997. The summed E-state index contributed by atoms with van der Waals surface area (Å²) in [7, 11) is 1.56. The molecule has 1 amide bonds. The summed E-state index contributed by atoms with van der Waals surface area (Å²) >= 11 is 12.1. The number of pyridine rings is 1. The summed E-state index contributed by atoms with van der Waals surface area (Å²) in [6.07, 6.45) is 4.81. The molecule has 1 heterocycles. The van der Waals surface area contributed by atoms with Gasteiger partial charge in [-0.2, -0.15) is 0 Å². The van der Waals surface area contributed by atoms with Crippen LogP contribution in [0.4, 0.5) is 0 Å². The van der Waals surface area contributed by atoms with Crippen molar-refractivity contribution in [3.05, 3.63) is 87.7 Å². The van der Waals surface area contributed by atoms with E-state index in [9.17, 15) is 4.79 Å². The van der Waals surface area contributed by atoms with Crippen LogP contribution in [-0.2, 0) is 12.8 Å². The zero-order valence-corrected chi connectivity index (χ0v) is 18.0. The summed E-state index contributed by atoms with van der Waals surface area (Å²) in [5, 5.41) is 4.11. The van der Waals surface area contributed by atoms with E-state index < -0.39 is 0 Å². The fourth-order valence-corrected chi connectivity index (χ4v) is 3.40. The average Bonchev–Trinajstić information content (AvgIpc) is 2.76. The Labute approximate surface area is 185 Å². The number of methoxy groups -OCH3 is 1. The molecule has 0 aliphatic heterocycles. The van der Waals surface area contributed by atoms with Crippen molar-refractivity contribution >= 4 is 29.1 Å². The fraction of sp³-hybridized carbons (Fsp3) is 0.217. The Morgan fingerprint density at radius 3 is 2.53 bits per heavy atom. The molecule has 7 heteroatoms. The Balaban J connectivity index is 1.59. The van der Waals surface area contributed by atoms with Crippen molar-refractivity contribution in [2.75, 3.05) is 20.3 Å². The number of ether oxygens (including phenoxy) is 2. The molecule has 30 heavy (non-hydrogen) atoms. The number of hydrogen-bond acceptors (Lipinski definition) is 4. The van der Waals surface area contributed by atoms with Crippen LogP contribution in [-0.4, -0.2) is 31.2 Å². The zero-order valence-electron chi connectivity index (χ0n) is 16.5. The third-order valence-electron chi connectivity index (χ3n) is 4.52. The Hall–Kier alpha value is -2.76. The standard InChI is InChI=1S/C23H22Cl2N2O3/c1-29-21-5-3-18(23(28)27-12-8-16-6-10-26-11-7-16)14-22(21)30-13-9-17-2-4-19(24)15-20(17)25/h2-7,10-11,14-15H,8-9,12-13H2,1H3,(H,27,28). The van der Waals surface area contributed by atoms with Gasteiger partial charge in [0.15, 0.2) is 11.5 Å². The van der Waals surface area contributed by atoms with E-state index in [-0.39, 0.29) is 5.91 Å². The van der Waals surface area contributed by atoms with Gasteiger partial charge in [-0.3, -0.25) is 9.78 Å². The number of nitrogens with one attached hydrogen (secondary N) is 1. The third-order valence-corrected chi connectivity index (χ3v) is 5.11. The molecule has 3 rings (SSSR count). The molecule has 0 radical (unpaired) electrons. The van der Waals surface area contributed by atoms with Crippen molar-refractivity contribution in [2.24, 2.45) is 0 Å². The van der Waals surface area contributed by atoms with Crippen LogP contribution in [0, 0.1) is 0 Å². The molecule has 0 bridgehead atoms. The maximum absolute atomic E-state index is 12.5. The lowest BCUT2D eigenvalue weighted by Gasteiger charge is -2.13. The molecule has 1 aromatic heterocycles. The van der Waals surface area contributed by atoms with E-state index >= 15 is 0 Å². The van der Waals surface area contributed by atoms with E-state index in [1.54, 1.807) is 49.8 Å². The SMILES string of the molecule is COc1ccc(C(=O)NCCc2ccncc2)cc1OCCc1ccc(Cl)cc1Cl. The molecule has 156 valence electrons. The van der Waals surface area contributed by atoms with Crippen molar-refractivity contribution in [3.63, 3.8) is 0 Å². The van der Waals surface area contributed by atoms with E-state index in [1.165, 1.54) is 0 Å². The normalized spacial score (nSPS) is 10.5. The maximum atomic E-state index is 12.5. The number of nitrogens with zero attached hydrogens (tertiary/aromatic N) is 1. The minimum atomic E-state index is -0.169. The smallest absolute Gasteiger partial charge is 0.251 e. The molecule has 1 N–H and O–H groups in total. The van der Waals surface area contributed by atoms with Gasteiger partial charge in [-0.05, 0) is 60.0 Å². The van der Waals surface area contributed by atoms with Crippen LogP contribution in [0.1, 0.15) is 21.5 Å². The van der Waals surface area contributed by atoms with Gasteiger partial charge in [0, 0.05) is 41.0 Å². The summed E-state index contributed by atoms with van der Waals surface area (Å²) in [5.74, 6) is 0.896. The van der Waals surface area contributed by atoms with E-state index in [2.05, 4.69) is 10.3 Å². The Morgan fingerprint density at radius 2 is 1.80 bits per heavy atom. The molecule has 0 atom stereocenters. The second kappa shape index (κ2) is 10.9. The van der Waals surface area contributed by atoms with Gasteiger partial charge in [0.25, 0.3) is 5.91 Å². The van der Waals surface area contributed by atoms with Crippen LogP contribution in [0.15, 0.2) is 60.9 Å². The molecule has 5 nitrogen and oxygen atoms in total. The molecular weight excluding hydrogens is 423 g/mol. The predicted octanol–water partition coefficient (Wildman–Crippen LogP) is 4.99. The van der Waals surface area contributed by atoms with E-state index in [0.29, 0.717) is 46.7 Å². The Morgan fingerprint density at radius 1 is 1.00 bits per heavy atom. The number of hydrogen-bond donors (Lipinski definition) is 1. The number of aromatic nitrogens is 1. The van der Waals surface area contributed by atoms with E-state index in [0.717, 1.165) is 17.5 Å². The second-order valence-corrected chi connectivity index (χ2v) is 7.40. The van der Waals surface area contributed by atoms with Gasteiger partial charge in [0.2, 0.25) is 0 Å². The van der Waals surface area contributed by atoms with Crippen LogP contribution in [0.5, 0.6) is 11.5 Å². The minimum Gasteiger partial charge on any atom is -0.493 e. The first-order chi connectivity index (χ1) is 14.6. The lowest BCUT2D eigenvalue weighted by atomic mass is 10.1. The van der Waals surface area contributed by atoms with Gasteiger partial charge in [0.1, 0.15) is 0 Å². The van der Waals surface area contributed by atoms with Crippen molar-refractivity contribution in [2.45, 2.75) is 12.8 Å². The van der Waals surface area contributed by atoms with Crippen molar-refractivity contribution in [1.29, 1.82) is 0 Å². The number of amides is 1. The minimum absolute atomic E-state index is 0.169. The van der Waals surface area contributed by atoms with Gasteiger partial charge in [-0.15, -0.1) is 0 Å². The van der Waals surface area contributed by atoms with Crippen LogP contribution in [0.3, 0.4) is 0 Å². The molecule has 0 aliphatic carbocycles. The summed E-state index contributed by atoms with van der Waals surface area (Å²) in [6, 6.07) is 14.3. The molecule has 0 aliphatic rings. The summed E-state index contributed by atoms with van der Waals surface area (Å²) in [4.78, 5) is 16.5. The molecule has 3 aromatic rings. The highest BCUT2D eigenvalue weighted by atomic mass is 35.5. The van der Waals surface area contributed by atoms with Crippen molar-refractivity contribution in [1.82, 2.24) is 10.3 Å². The summed E-state index contributed by atoms with van der Waals surface area (Å²) in [5.41, 5.74) is 2.56. The van der Waals surface area contributed by atoms with Crippen molar-refractivity contribution in [3.8, 4) is 11.5 Å². The van der Waals surface area contributed by atoms with Crippen molar-refractivity contribution < 1.29 is 14.3 Å². The molecular formula is C23H22Cl2N2O3. The molecule has 2 aromatic carbocycles. The van der Waals surface area contributed by atoms with Crippen LogP contribution >= 0.6 is 23.2 Å². The van der Waals surface area contributed by atoms with Crippen LogP contribution < -0.4 is 14.8 Å². The first-order valence-electron chi connectivity index (χ1n) is 9.48. The zero-order chi connectivity index (χ0) is 21.3. The van der Waals surface area contributed by atoms with Gasteiger partial charge >= 0.3 is 0 Å². The average molecular weight is 445 g/mol. The quantitative estimate of drug-likeness (QED) is 0.504. The number of carbonyl (C=O) groups is 1. The first kappa shape index (κ1) is 21.9. The maximum Gasteiger partial charge on any atom is 0.251 e. The highest BCUT2D eigenvalue weighted by Gasteiger charge is 2.12. The highest BCUT2D eigenvalue weighted by molar-refractivity contribution is 6.35. The Kier molecular flexibility index (Phi) is 7.94. The van der Waals surface area contributed by atoms with Gasteiger partial charge in [0.05, 0.1) is 13.7 Å². The molecule has 0 fully saturated rings. The fourth-order valence-electron chi connectivity index (χ4n) is 2.90. The molecule has 0 unspecified atom stereocenters. The first-order valence-corrected chi connectivity index (χ1v) is 10.2. The number of carbonyl (C=O) groups excluding carboxylic acids is 1. The topological polar surface area (TPSA) is 60.5 Å². The predicted molar refractivity (Wildman–Crippen MR) is 119 cm³/mol. The van der Waals surface area contributed by atoms with Crippen LogP contribution in [0.25, 0.3) is 0 Å². The van der Waals surface area contributed by atoms with Gasteiger partial charge in [-0.25, -0.2) is 0 Å². The monoisotopic (exact) mass is 444 g/mol. The number of benzene rings is 2.